The van der Waals surface area contributed by atoms with Crippen LogP contribution < -0.4 is 0 Å². The summed E-state index contributed by atoms with van der Waals surface area (Å²) in [6.07, 6.45) is 6.50. The highest BCUT2D eigenvalue weighted by atomic mass is 16.8. The molecule has 0 amide bonds. The standard InChI is InChI=1S/C39H56O11/c1-19-10-25-4-6-29-20(2)11-27(43-29)8-9-39-17-33-35(49-39)36-37(48-33)38(50-39)34-30(47-36)7-5-26(46-34)14-23(41)12-22-13-28(15-24(42)18-40)45-32(22)16-31(44-25)21(19)3/h19,22,24-38,40,42H,2-18H2,1H3/t19-,22+,24+,25+,26+,27+,28+,29+,30+,31-,32+,33-,34+,35-,36+,37-,38+,39-/m1/s1. The summed E-state index contributed by atoms with van der Waals surface area (Å²) < 4.78 is 53.6. The van der Waals surface area contributed by atoms with Gasteiger partial charge in [-0.05, 0) is 74.3 Å². The molecule has 1 spiro atoms. The van der Waals surface area contributed by atoms with Crippen LogP contribution >= 0.6 is 0 Å². The van der Waals surface area contributed by atoms with Crippen LogP contribution in [-0.2, 0) is 42.7 Å². The van der Waals surface area contributed by atoms with Gasteiger partial charge in [-0.3, -0.25) is 4.79 Å². The first kappa shape index (κ1) is 34.5. The highest BCUT2D eigenvalue weighted by Crippen LogP contribution is 2.54. The van der Waals surface area contributed by atoms with Gasteiger partial charge in [0.15, 0.2) is 5.79 Å². The van der Waals surface area contributed by atoms with Gasteiger partial charge in [0.1, 0.15) is 36.3 Å². The number of carbonyl (C=O) groups excluding carboxylic acids is 1. The lowest BCUT2D eigenvalue weighted by Crippen LogP contribution is -2.61. The Balaban J connectivity index is 0.974. The van der Waals surface area contributed by atoms with Crippen LogP contribution in [0.25, 0.3) is 0 Å². The highest BCUT2D eigenvalue weighted by Gasteiger charge is 2.68. The quantitative estimate of drug-likeness (QED) is 0.417. The van der Waals surface area contributed by atoms with E-state index < -0.39 is 11.9 Å². The molecule has 10 saturated heterocycles. The fraction of sp³-hybridized carbons (Fsp3) is 0.872. The maximum atomic E-state index is 13.8. The molecule has 0 aromatic heterocycles. The van der Waals surface area contributed by atoms with E-state index in [0.29, 0.717) is 50.9 Å². The zero-order chi connectivity index (χ0) is 34.3. The zero-order valence-corrected chi connectivity index (χ0v) is 29.4. The van der Waals surface area contributed by atoms with Gasteiger partial charge in [0.2, 0.25) is 0 Å². The summed E-state index contributed by atoms with van der Waals surface area (Å²) in [7, 11) is 0. The lowest BCUT2D eigenvalue weighted by molar-refractivity contribution is -0.292. The second-order valence-corrected chi connectivity index (χ2v) is 17.1. The van der Waals surface area contributed by atoms with Crippen molar-refractivity contribution in [3.8, 4) is 0 Å². The van der Waals surface area contributed by atoms with E-state index >= 15 is 0 Å². The van der Waals surface area contributed by atoms with E-state index in [2.05, 4.69) is 20.1 Å². The van der Waals surface area contributed by atoms with E-state index in [1.54, 1.807) is 0 Å². The van der Waals surface area contributed by atoms with Crippen molar-refractivity contribution in [2.45, 2.75) is 194 Å². The summed E-state index contributed by atoms with van der Waals surface area (Å²) in [4.78, 5) is 13.8. The topological polar surface area (TPSA) is 131 Å². The van der Waals surface area contributed by atoms with Gasteiger partial charge < -0.3 is 48.1 Å². The summed E-state index contributed by atoms with van der Waals surface area (Å²) in [5.74, 6) is -0.339. The molecule has 10 aliphatic heterocycles. The number of carbonyl (C=O) groups is 1. The minimum atomic E-state index is -0.856. The molecule has 11 nitrogen and oxygen atoms in total. The Morgan fingerprint density at radius 2 is 1.50 bits per heavy atom. The molecule has 2 N–H and O–H groups in total. The number of ketones is 1. The largest absolute Gasteiger partial charge is 0.394 e. The molecule has 278 valence electrons. The van der Waals surface area contributed by atoms with Gasteiger partial charge in [-0.25, -0.2) is 0 Å². The van der Waals surface area contributed by atoms with Gasteiger partial charge in [-0.15, -0.1) is 0 Å². The van der Waals surface area contributed by atoms with Gasteiger partial charge in [0, 0.05) is 38.5 Å². The Bertz CT molecular complexity index is 1320. The summed E-state index contributed by atoms with van der Waals surface area (Å²) >= 11 is 0. The van der Waals surface area contributed by atoms with Crippen LogP contribution in [0.2, 0.25) is 0 Å². The molecule has 0 unspecified atom stereocenters. The van der Waals surface area contributed by atoms with Gasteiger partial charge in [-0.2, -0.15) is 0 Å². The average molecular weight is 701 g/mol. The lowest BCUT2D eigenvalue weighted by Gasteiger charge is -2.47. The number of aliphatic hydroxyl groups is 2. The number of hydrogen-bond donors (Lipinski definition) is 2. The van der Waals surface area contributed by atoms with Crippen molar-refractivity contribution in [2.75, 3.05) is 6.61 Å². The number of rotatable bonds is 3. The van der Waals surface area contributed by atoms with Crippen LogP contribution in [0.3, 0.4) is 0 Å². The third-order valence-corrected chi connectivity index (χ3v) is 13.5. The summed E-state index contributed by atoms with van der Waals surface area (Å²) in [6.45, 7) is 10.8. The first-order valence-electron chi connectivity index (χ1n) is 19.6. The maximum Gasteiger partial charge on any atom is 0.172 e. The number of ether oxygens (including phenoxy) is 8. The van der Waals surface area contributed by atoms with Crippen molar-refractivity contribution in [2.24, 2.45) is 11.8 Å². The number of aliphatic hydroxyl groups excluding tert-OH is 2. The highest BCUT2D eigenvalue weighted by molar-refractivity contribution is 5.79. The molecule has 12 bridgehead atoms. The normalized spacial score (nSPS) is 52.5. The molecule has 10 rings (SSSR count). The molecule has 10 aliphatic rings. The van der Waals surface area contributed by atoms with Gasteiger partial charge in [-0.1, -0.05) is 20.1 Å². The molecular formula is C39H56O11. The van der Waals surface area contributed by atoms with Crippen molar-refractivity contribution in [3.63, 3.8) is 0 Å². The van der Waals surface area contributed by atoms with Crippen molar-refractivity contribution in [1.82, 2.24) is 0 Å². The minimum Gasteiger partial charge on any atom is -0.394 e. The molecule has 0 aromatic carbocycles. The Kier molecular flexibility index (Phi) is 9.36. The van der Waals surface area contributed by atoms with E-state index in [-0.39, 0.29) is 104 Å². The predicted molar refractivity (Wildman–Crippen MR) is 178 cm³/mol. The van der Waals surface area contributed by atoms with Crippen molar-refractivity contribution in [3.05, 3.63) is 24.3 Å². The van der Waals surface area contributed by atoms with Gasteiger partial charge in [0.05, 0.1) is 67.6 Å². The smallest absolute Gasteiger partial charge is 0.172 e. The van der Waals surface area contributed by atoms with Crippen LogP contribution in [0.4, 0.5) is 0 Å². The van der Waals surface area contributed by atoms with E-state index in [4.69, 9.17) is 37.9 Å². The van der Waals surface area contributed by atoms with E-state index in [0.717, 1.165) is 56.1 Å². The summed E-state index contributed by atoms with van der Waals surface area (Å²) in [5, 5.41) is 19.8. The molecule has 11 heteroatoms. The Hall–Kier alpha value is -1.25. The molecule has 18 atom stereocenters. The lowest BCUT2D eigenvalue weighted by atomic mass is 9.82. The van der Waals surface area contributed by atoms with E-state index in [1.807, 2.05) is 0 Å². The Morgan fingerprint density at radius 1 is 0.740 bits per heavy atom. The van der Waals surface area contributed by atoms with Crippen LogP contribution in [0.5, 0.6) is 0 Å². The second kappa shape index (κ2) is 13.6. The number of hydrogen-bond acceptors (Lipinski definition) is 11. The third-order valence-electron chi connectivity index (χ3n) is 13.5. The minimum absolute atomic E-state index is 0.00510. The third kappa shape index (κ3) is 6.39. The van der Waals surface area contributed by atoms with Crippen LogP contribution in [0.15, 0.2) is 24.3 Å². The Labute approximate surface area is 295 Å². The predicted octanol–water partition coefficient (Wildman–Crippen LogP) is 3.85. The monoisotopic (exact) mass is 700 g/mol. The van der Waals surface area contributed by atoms with Crippen molar-refractivity contribution in [1.29, 1.82) is 0 Å². The second-order valence-electron chi connectivity index (χ2n) is 17.1. The molecule has 0 aromatic rings. The summed E-state index contributed by atoms with van der Waals surface area (Å²) in [5.41, 5.74) is 2.22. The van der Waals surface area contributed by atoms with E-state index in [9.17, 15) is 15.0 Å². The SMILES string of the molecule is C=C1C[C@@H]2CC[C@]34C[C@H]5O[C@H]6[C@@H](O3)[C@H]3O[C@@H](CC[C@@H]3O[C@H]6[C@@H]5O4)CC(=O)C[C@H]3C[C@@H](C[C@H](O)CO)O[C@H]3C[C@H]3O[C@@H](CC[C@@H]1O2)C[C@@H](C)C3=C. The van der Waals surface area contributed by atoms with Crippen LogP contribution in [0.1, 0.15) is 96.8 Å². The summed E-state index contributed by atoms with van der Waals surface area (Å²) in [6, 6.07) is 0. The molecular weight excluding hydrogens is 644 g/mol. The molecule has 50 heavy (non-hydrogen) atoms. The first-order chi connectivity index (χ1) is 24.1. The molecule has 10 heterocycles. The fourth-order valence-corrected chi connectivity index (χ4v) is 11.0. The molecule has 0 saturated carbocycles. The first-order valence-corrected chi connectivity index (χ1v) is 19.6. The average Bonchev–Trinajstić information content (AvgIpc) is 3.78. The molecule has 10 fully saturated rings. The number of Topliss-reactive ketones (excluding diaryl/α,β-unsaturated/α-hetero) is 1. The Morgan fingerprint density at radius 3 is 2.36 bits per heavy atom. The fourth-order valence-electron chi connectivity index (χ4n) is 11.0. The van der Waals surface area contributed by atoms with E-state index in [1.165, 1.54) is 0 Å². The van der Waals surface area contributed by atoms with Crippen LogP contribution in [-0.4, -0.2) is 120 Å². The molecule has 0 aliphatic carbocycles. The molecule has 0 radical (unpaired) electrons. The van der Waals surface area contributed by atoms with Crippen LogP contribution in [0, 0.1) is 11.8 Å². The van der Waals surface area contributed by atoms with Crippen molar-refractivity contribution >= 4 is 5.78 Å². The van der Waals surface area contributed by atoms with Gasteiger partial charge >= 0.3 is 0 Å². The number of fused-ring (bicyclic) bond motifs is 6. The zero-order valence-electron chi connectivity index (χ0n) is 29.4. The maximum absolute atomic E-state index is 13.8. The van der Waals surface area contributed by atoms with Crippen molar-refractivity contribution < 1.29 is 52.9 Å². The van der Waals surface area contributed by atoms with Gasteiger partial charge in [0.25, 0.3) is 0 Å².